The van der Waals surface area contributed by atoms with E-state index >= 15 is 0 Å². The third kappa shape index (κ3) is 3.34. The molecule has 2 N–H and O–H groups in total. The minimum Gasteiger partial charge on any atom is -0.495 e. The van der Waals surface area contributed by atoms with Crippen LogP contribution in [0.5, 0.6) is 5.75 Å². The lowest BCUT2D eigenvalue weighted by molar-refractivity contribution is 0.250. The van der Waals surface area contributed by atoms with Gasteiger partial charge in [0.05, 0.1) is 12.8 Å². The number of nitrogens with zero attached hydrogens (tertiary/aromatic N) is 2. The zero-order valence-corrected chi connectivity index (χ0v) is 13.0. The molecule has 1 fully saturated rings. The first kappa shape index (κ1) is 14.7. The molecule has 2 aromatic carbocycles. The summed E-state index contributed by atoms with van der Waals surface area (Å²) in [6.45, 7) is 5.21. The van der Waals surface area contributed by atoms with Crippen LogP contribution >= 0.6 is 0 Å². The fourth-order valence-electron chi connectivity index (χ4n) is 2.94. The Balaban J connectivity index is 1.57. The fourth-order valence-corrected chi connectivity index (χ4v) is 2.94. The average molecular weight is 297 g/mol. The smallest absolute Gasteiger partial charge is 0.141 e. The van der Waals surface area contributed by atoms with Gasteiger partial charge in [0.1, 0.15) is 5.75 Å². The summed E-state index contributed by atoms with van der Waals surface area (Å²) in [5.41, 5.74) is 9.25. The molecule has 4 nitrogen and oxygen atoms in total. The molecule has 116 valence electrons. The number of nitrogens with two attached hydrogens (primary N) is 1. The zero-order chi connectivity index (χ0) is 15.4. The van der Waals surface area contributed by atoms with Crippen LogP contribution in [0, 0.1) is 0 Å². The lowest BCUT2D eigenvalue weighted by Crippen LogP contribution is -2.45. The van der Waals surface area contributed by atoms with Crippen molar-refractivity contribution in [1.82, 2.24) is 4.90 Å². The van der Waals surface area contributed by atoms with E-state index in [2.05, 4.69) is 46.2 Å². The number of methoxy groups -OCH3 is 1. The Morgan fingerprint density at radius 2 is 1.73 bits per heavy atom. The molecule has 1 aliphatic heterocycles. The van der Waals surface area contributed by atoms with Gasteiger partial charge in [0, 0.05) is 38.4 Å². The van der Waals surface area contributed by atoms with Gasteiger partial charge in [0.2, 0.25) is 0 Å². The molecule has 0 aromatic heterocycles. The first-order valence-electron chi connectivity index (χ1n) is 7.71. The average Bonchev–Trinajstić information content (AvgIpc) is 2.57. The largest absolute Gasteiger partial charge is 0.495 e. The molecule has 0 amide bonds. The Hall–Kier alpha value is -2.20. The maximum Gasteiger partial charge on any atom is 0.141 e. The summed E-state index contributed by atoms with van der Waals surface area (Å²) in [6.07, 6.45) is 0. The van der Waals surface area contributed by atoms with Crippen molar-refractivity contribution in [3.05, 3.63) is 54.1 Å². The monoisotopic (exact) mass is 297 g/mol. The Morgan fingerprint density at radius 3 is 2.36 bits per heavy atom. The molecular weight excluding hydrogens is 274 g/mol. The van der Waals surface area contributed by atoms with E-state index in [1.165, 1.54) is 11.3 Å². The first-order valence-corrected chi connectivity index (χ1v) is 7.71. The van der Waals surface area contributed by atoms with Crippen LogP contribution in [0.1, 0.15) is 5.56 Å². The molecule has 0 saturated carbocycles. The molecule has 3 rings (SSSR count). The van der Waals surface area contributed by atoms with Gasteiger partial charge in [-0.25, -0.2) is 0 Å². The van der Waals surface area contributed by atoms with Crippen molar-refractivity contribution in [3.8, 4) is 5.75 Å². The predicted molar refractivity (Wildman–Crippen MR) is 91.3 cm³/mol. The molecule has 0 spiro atoms. The number of rotatable bonds is 4. The van der Waals surface area contributed by atoms with Crippen LogP contribution in [0.3, 0.4) is 0 Å². The molecule has 1 heterocycles. The number of para-hydroxylation sites is 1. The summed E-state index contributed by atoms with van der Waals surface area (Å²) in [5, 5.41) is 0. The third-order valence-corrected chi connectivity index (χ3v) is 4.19. The second-order valence-corrected chi connectivity index (χ2v) is 5.68. The highest BCUT2D eigenvalue weighted by molar-refractivity contribution is 5.54. The van der Waals surface area contributed by atoms with Gasteiger partial charge in [-0.05, 0) is 29.8 Å². The second-order valence-electron chi connectivity index (χ2n) is 5.68. The number of hydrogen-bond acceptors (Lipinski definition) is 4. The van der Waals surface area contributed by atoms with E-state index in [1.807, 2.05) is 12.1 Å². The van der Waals surface area contributed by atoms with E-state index in [9.17, 15) is 0 Å². The van der Waals surface area contributed by atoms with Crippen molar-refractivity contribution in [2.24, 2.45) is 0 Å². The lowest BCUT2D eigenvalue weighted by atomic mass is 10.1. The quantitative estimate of drug-likeness (QED) is 0.881. The maximum absolute atomic E-state index is 5.98. The van der Waals surface area contributed by atoms with Crippen molar-refractivity contribution in [1.29, 1.82) is 0 Å². The second kappa shape index (κ2) is 6.71. The van der Waals surface area contributed by atoms with Crippen molar-refractivity contribution in [3.63, 3.8) is 0 Å². The molecule has 1 aliphatic rings. The van der Waals surface area contributed by atoms with Crippen LogP contribution in [0.4, 0.5) is 11.4 Å². The summed E-state index contributed by atoms with van der Waals surface area (Å²) in [4.78, 5) is 4.92. The molecule has 4 heteroatoms. The fraction of sp³-hybridized carbons (Fsp3) is 0.333. The first-order chi connectivity index (χ1) is 10.8. The number of anilines is 2. The van der Waals surface area contributed by atoms with Crippen LogP contribution in [-0.4, -0.2) is 38.2 Å². The molecular formula is C18H23N3O. The highest BCUT2D eigenvalue weighted by atomic mass is 16.5. The Labute approximate surface area is 132 Å². The standard InChI is InChI=1S/C18H23N3O/c1-22-18-8-7-15(13-17(18)19)14-20-9-11-21(12-10-20)16-5-3-2-4-6-16/h2-8,13H,9-12,14,19H2,1H3. The van der Waals surface area contributed by atoms with Crippen LogP contribution in [-0.2, 0) is 6.54 Å². The number of nitrogen functional groups attached to an aromatic ring is 1. The van der Waals surface area contributed by atoms with Gasteiger partial charge >= 0.3 is 0 Å². The summed E-state index contributed by atoms with van der Waals surface area (Å²) in [6, 6.07) is 16.7. The van der Waals surface area contributed by atoms with Crippen LogP contribution in [0.25, 0.3) is 0 Å². The van der Waals surface area contributed by atoms with E-state index in [0.717, 1.165) is 38.5 Å². The van der Waals surface area contributed by atoms with Gasteiger partial charge in [-0.1, -0.05) is 24.3 Å². The summed E-state index contributed by atoms with van der Waals surface area (Å²) in [7, 11) is 1.65. The number of benzene rings is 2. The molecule has 0 aliphatic carbocycles. The molecule has 0 unspecified atom stereocenters. The molecule has 0 atom stereocenters. The number of piperazine rings is 1. The topological polar surface area (TPSA) is 41.7 Å². The lowest BCUT2D eigenvalue weighted by Gasteiger charge is -2.36. The maximum atomic E-state index is 5.98. The van der Waals surface area contributed by atoms with Crippen LogP contribution < -0.4 is 15.4 Å². The van der Waals surface area contributed by atoms with Gasteiger partial charge in [0.15, 0.2) is 0 Å². The van der Waals surface area contributed by atoms with Crippen molar-refractivity contribution < 1.29 is 4.74 Å². The van der Waals surface area contributed by atoms with E-state index in [-0.39, 0.29) is 0 Å². The van der Waals surface area contributed by atoms with E-state index in [4.69, 9.17) is 10.5 Å². The Morgan fingerprint density at radius 1 is 1.00 bits per heavy atom. The van der Waals surface area contributed by atoms with Gasteiger partial charge in [0.25, 0.3) is 0 Å². The third-order valence-electron chi connectivity index (χ3n) is 4.19. The molecule has 2 aromatic rings. The van der Waals surface area contributed by atoms with Crippen LogP contribution in [0.15, 0.2) is 48.5 Å². The van der Waals surface area contributed by atoms with Crippen molar-refractivity contribution >= 4 is 11.4 Å². The van der Waals surface area contributed by atoms with Gasteiger partial charge in [-0.2, -0.15) is 0 Å². The van der Waals surface area contributed by atoms with Gasteiger partial charge in [-0.15, -0.1) is 0 Å². The molecule has 1 saturated heterocycles. The van der Waals surface area contributed by atoms with Crippen molar-refractivity contribution in [2.75, 3.05) is 43.9 Å². The zero-order valence-electron chi connectivity index (χ0n) is 13.0. The van der Waals surface area contributed by atoms with Gasteiger partial charge < -0.3 is 15.4 Å². The van der Waals surface area contributed by atoms with Crippen LogP contribution in [0.2, 0.25) is 0 Å². The number of hydrogen-bond donors (Lipinski definition) is 1. The van der Waals surface area contributed by atoms with Crippen molar-refractivity contribution in [2.45, 2.75) is 6.54 Å². The minimum absolute atomic E-state index is 0.711. The SMILES string of the molecule is COc1ccc(CN2CCN(c3ccccc3)CC2)cc1N. The molecule has 0 bridgehead atoms. The summed E-state index contributed by atoms with van der Waals surface area (Å²) >= 11 is 0. The molecule has 0 radical (unpaired) electrons. The normalized spacial score (nSPS) is 15.8. The molecule has 22 heavy (non-hydrogen) atoms. The summed E-state index contributed by atoms with van der Waals surface area (Å²) in [5.74, 6) is 0.748. The van der Waals surface area contributed by atoms with E-state index in [1.54, 1.807) is 7.11 Å². The Bertz CT molecular complexity index is 607. The highest BCUT2D eigenvalue weighted by Gasteiger charge is 2.17. The summed E-state index contributed by atoms with van der Waals surface area (Å²) < 4.78 is 5.21. The highest BCUT2D eigenvalue weighted by Crippen LogP contribution is 2.23. The minimum atomic E-state index is 0.711. The Kier molecular flexibility index (Phi) is 4.49. The number of ether oxygens (including phenoxy) is 1. The van der Waals surface area contributed by atoms with Gasteiger partial charge in [-0.3, -0.25) is 4.90 Å². The van der Waals surface area contributed by atoms with E-state index in [0.29, 0.717) is 5.69 Å². The predicted octanol–water partition coefficient (Wildman–Crippen LogP) is 2.60. The van der Waals surface area contributed by atoms with E-state index < -0.39 is 0 Å².